The standard InChI is InChI=1S/C10H19FN2O2/c11-1-2-12-3-5-13(6-4-12)9-7-15-8-10(9)14/h9-10,14H,1-8H2/t9-,10-/m1/s1. The summed E-state index contributed by atoms with van der Waals surface area (Å²) in [5.74, 6) is 0. The molecule has 0 radical (unpaired) electrons. The van der Waals surface area contributed by atoms with Crippen molar-refractivity contribution in [1.29, 1.82) is 0 Å². The van der Waals surface area contributed by atoms with E-state index in [1.54, 1.807) is 0 Å². The number of nitrogens with zero attached hydrogens (tertiary/aromatic N) is 2. The maximum atomic E-state index is 12.1. The summed E-state index contributed by atoms with van der Waals surface area (Å²) in [6.45, 7) is 4.96. The smallest absolute Gasteiger partial charge is 0.102 e. The molecule has 2 heterocycles. The summed E-state index contributed by atoms with van der Waals surface area (Å²) in [6, 6.07) is 0.150. The molecular weight excluding hydrogens is 199 g/mol. The SMILES string of the molecule is O[C@@H]1COC[C@H]1N1CCN(CCF)CC1. The summed E-state index contributed by atoms with van der Waals surface area (Å²) in [6.07, 6.45) is -0.349. The fraction of sp³-hybridized carbons (Fsp3) is 1.00. The van der Waals surface area contributed by atoms with E-state index in [9.17, 15) is 9.50 Å². The minimum atomic E-state index is -0.349. The first-order valence-corrected chi connectivity index (χ1v) is 5.59. The Kier molecular flexibility index (Phi) is 3.91. The number of hydrogen-bond acceptors (Lipinski definition) is 4. The summed E-state index contributed by atoms with van der Waals surface area (Å²) < 4.78 is 17.4. The average molecular weight is 218 g/mol. The molecule has 0 unspecified atom stereocenters. The first kappa shape index (κ1) is 11.3. The van der Waals surface area contributed by atoms with Gasteiger partial charge in [0.2, 0.25) is 0 Å². The van der Waals surface area contributed by atoms with Gasteiger partial charge in [0, 0.05) is 32.7 Å². The van der Waals surface area contributed by atoms with Crippen LogP contribution in [0.2, 0.25) is 0 Å². The fourth-order valence-corrected chi connectivity index (χ4v) is 2.32. The highest BCUT2D eigenvalue weighted by Crippen LogP contribution is 2.15. The van der Waals surface area contributed by atoms with Gasteiger partial charge in [0.15, 0.2) is 0 Å². The van der Waals surface area contributed by atoms with Gasteiger partial charge in [-0.2, -0.15) is 0 Å². The van der Waals surface area contributed by atoms with E-state index in [1.165, 1.54) is 0 Å². The molecule has 1 N–H and O–H groups in total. The molecule has 2 fully saturated rings. The summed E-state index contributed by atoms with van der Waals surface area (Å²) in [4.78, 5) is 4.38. The van der Waals surface area contributed by atoms with Gasteiger partial charge in [0.05, 0.1) is 25.4 Å². The highest BCUT2D eigenvalue weighted by molar-refractivity contribution is 4.86. The van der Waals surface area contributed by atoms with Crippen LogP contribution in [0.4, 0.5) is 4.39 Å². The average Bonchev–Trinajstić information content (AvgIpc) is 2.66. The maximum Gasteiger partial charge on any atom is 0.102 e. The Labute approximate surface area is 89.6 Å². The zero-order chi connectivity index (χ0) is 10.7. The van der Waals surface area contributed by atoms with Crippen molar-refractivity contribution in [2.45, 2.75) is 12.1 Å². The van der Waals surface area contributed by atoms with Crippen LogP contribution in [0.5, 0.6) is 0 Å². The summed E-state index contributed by atoms with van der Waals surface area (Å²) in [5, 5.41) is 9.67. The minimum Gasteiger partial charge on any atom is -0.389 e. The number of piperazine rings is 1. The molecule has 5 heteroatoms. The molecule has 4 nitrogen and oxygen atoms in total. The predicted octanol–water partition coefficient (Wildman–Crippen LogP) is -0.667. The highest BCUT2D eigenvalue weighted by atomic mass is 19.1. The van der Waals surface area contributed by atoms with Gasteiger partial charge in [-0.1, -0.05) is 0 Å². The summed E-state index contributed by atoms with van der Waals surface area (Å²) in [7, 11) is 0. The Balaban J connectivity index is 1.77. The molecule has 0 amide bonds. The van der Waals surface area contributed by atoms with E-state index in [-0.39, 0.29) is 18.8 Å². The molecule has 0 spiro atoms. The van der Waals surface area contributed by atoms with E-state index >= 15 is 0 Å². The lowest BCUT2D eigenvalue weighted by molar-refractivity contribution is 0.0429. The Morgan fingerprint density at radius 2 is 1.93 bits per heavy atom. The van der Waals surface area contributed by atoms with E-state index < -0.39 is 0 Å². The van der Waals surface area contributed by atoms with Crippen LogP contribution < -0.4 is 0 Å². The van der Waals surface area contributed by atoms with Crippen molar-refractivity contribution in [2.24, 2.45) is 0 Å². The lowest BCUT2D eigenvalue weighted by Crippen LogP contribution is -2.53. The Hall–Kier alpha value is -0.230. The molecule has 2 aliphatic rings. The molecule has 0 bridgehead atoms. The lowest BCUT2D eigenvalue weighted by Gasteiger charge is -2.38. The summed E-state index contributed by atoms with van der Waals surface area (Å²) >= 11 is 0. The molecule has 0 aromatic rings. The van der Waals surface area contributed by atoms with Crippen molar-refractivity contribution in [3.8, 4) is 0 Å². The van der Waals surface area contributed by atoms with Crippen LogP contribution in [-0.4, -0.2) is 79.7 Å². The van der Waals surface area contributed by atoms with Gasteiger partial charge < -0.3 is 9.84 Å². The first-order valence-electron chi connectivity index (χ1n) is 5.59. The van der Waals surface area contributed by atoms with Crippen molar-refractivity contribution in [2.75, 3.05) is 52.6 Å². The third-order valence-corrected chi connectivity index (χ3v) is 3.30. The Morgan fingerprint density at radius 3 is 2.47 bits per heavy atom. The molecular formula is C10H19FN2O2. The zero-order valence-electron chi connectivity index (χ0n) is 8.94. The van der Waals surface area contributed by atoms with Crippen LogP contribution >= 0.6 is 0 Å². The van der Waals surface area contributed by atoms with Gasteiger partial charge in [-0.25, -0.2) is 4.39 Å². The van der Waals surface area contributed by atoms with Crippen LogP contribution in [0.3, 0.4) is 0 Å². The number of aliphatic hydroxyl groups excluding tert-OH is 1. The Bertz CT molecular complexity index is 198. The third kappa shape index (κ3) is 2.66. The molecule has 2 rings (SSSR count). The number of alkyl halides is 1. The monoisotopic (exact) mass is 218 g/mol. The molecule has 0 aromatic heterocycles. The van der Waals surface area contributed by atoms with E-state index in [0.29, 0.717) is 19.8 Å². The van der Waals surface area contributed by atoms with E-state index in [4.69, 9.17) is 4.74 Å². The van der Waals surface area contributed by atoms with Gasteiger partial charge in [0.25, 0.3) is 0 Å². The highest BCUT2D eigenvalue weighted by Gasteiger charge is 2.33. The molecule has 2 saturated heterocycles. The summed E-state index contributed by atoms with van der Waals surface area (Å²) in [5.41, 5.74) is 0. The number of hydrogen-bond donors (Lipinski definition) is 1. The van der Waals surface area contributed by atoms with Gasteiger partial charge in [-0.15, -0.1) is 0 Å². The quantitative estimate of drug-likeness (QED) is 0.682. The van der Waals surface area contributed by atoms with Crippen LogP contribution in [0.1, 0.15) is 0 Å². The predicted molar refractivity (Wildman–Crippen MR) is 54.6 cm³/mol. The molecule has 15 heavy (non-hydrogen) atoms. The van der Waals surface area contributed by atoms with Crippen molar-refractivity contribution in [3.05, 3.63) is 0 Å². The van der Waals surface area contributed by atoms with E-state index in [0.717, 1.165) is 26.2 Å². The molecule has 0 aliphatic carbocycles. The number of halogens is 1. The van der Waals surface area contributed by atoms with Crippen LogP contribution in [-0.2, 0) is 4.74 Å². The zero-order valence-corrected chi connectivity index (χ0v) is 8.94. The van der Waals surface area contributed by atoms with Gasteiger partial charge in [-0.05, 0) is 0 Å². The van der Waals surface area contributed by atoms with Crippen LogP contribution in [0.25, 0.3) is 0 Å². The molecule has 2 aliphatic heterocycles. The topological polar surface area (TPSA) is 35.9 Å². The van der Waals surface area contributed by atoms with E-state index in [1.807, 2.05) is 0 Å². The lowest BCUT2D eigenvalue weighted by atomic mass is 10.1. The van der Waals surface area contributed by atoms with Crippen molar-refractivity contribution < 1.29 is 14.2 Å². The van der Waals surface area contributed by atoms with Gasteiger partial charge >= 0.3 is 0 Å². The van der Waals surface area contributed by atoms with Gasteiger partial charge in [0.1, 0.15) is 6.67 Å². The molecule has 0 aromatic carbocycles. The Morgan fingerprint density at radius 1 is 1.20 bits per heavy atom. The van der Waals surface area contributed by atoms with Crippen molar-refractivity contribution in [1.82, 2.24) is 9.80 Å². The maximum absolute atomic E-state index is 12.1. The molecule has 0 saturated carbocycles. The molecule has 88 valence electrons. The van der Waals surface area contributed by atoms with Crippen LogP contribution in [0.15, 0.2) is 0 Å². The number of ether oxygens (including phenoxy) is 1. The second-order valence-corrected chi connectivity index (χ2v) is 4.24. The van der Waals surface area contributed by atoms with Crippen LogP contribution in [0, 0.1) is 0 Å². The van der Waals surface area contributed by atoms with Crippen molar-refractivity contribution in [3.63, 3.8) is 0 Å². The van der Waals surface area contributed by atoms with E-state index in [2.05, 4.69) is 9.80 Å². The first-order chi connectivity index (χ1) is 7.31. The normalized spacial score (nSPS) is 34.8. The largest absolute Gasteiger partial charge is 0.389 e. The second kappa shape index (κ2) is 5.21. The molecule has 2 atom stereocenters. The number of aliphatic hydroxyl groups is 1. The number of rotatable bonds is 3. The third-order valence-electron chi connectivity index (χ3n) is 3.30. The fourth-order valence-electron chi connectivity index (χ4n) is 2.32. The second-order valence-electron chi connectivity index (χ2n) is 4.24. The minimum absolute atomic E-state index is 0.150. The van der Waals surface area contributed by atoms with Gasteiger partial charge in [-0.3, -0.25) is 9.80 Å². The van der Waals surface area contributed by atoms with Crippen molar-refractivity contribution >= 4 is 0 Å².